The highest BCUT2D eigenvalue weighted by atomic mass is 35.5. The molecule has 0 spiro atoms. The van der Waals surface area contributed by atoms with Crippen LogP contribution in [0.1, 0.15) is 32.2 Å². The molecule has 0 aliphatic rings. The zero-order valence-electron chi connectivity index (χ0n) is 11.6. The van der Waals surface area contributed by atoms with Gasteiger partial charge in [0.1, 0.15) is 16.0 Å². The third-order valence-corrected chi connectivity index (χ3v) is 3.66. The van der Waals surface area contributed by atoms with E-state index in [2.05, 4.69) is 55.9 Å². The van der Waals surface area contributed by atoms with Crippen molar-refractivity contribution in [1.82, 2.24) is 9.97 Å². The molecule has 0 aliphatic heterocycles. The summed E-state index contributed by atoms with van der Waals surface area (Å²) < 4.78 is 0. The van der Waals surface area contributed by atoms with Crippen molar-refractivity contribution < 1.29 is 0 Å². The molecule has 2 aromatic rings. The molecule has 0 amide bonds. The molecule has 1 heterocycles. The molecule has 19 heavy (non-hydrogen) atoms. The van der Waals surface area contributed by atoms with Gasteiger partial charge in [0.2, 0.25) is 0 Å². The van der Waals surface area contributed by atoms with Gasteiger partial charge < -0.3 is 0 Å². The molecule has 0 saturated heterocycles. The predicted octanol–water partition coefficient (Wildman–Crippen LogP) is 4.89. The Morgan fingerprint density at radius 1 is 1.11 bits per heavy atom. The van der Waals surface area contributed by atoms with Crippen LogP contribution in [0, 0.1) is 6.92 Å². The monoisotopic (exact) mass is 292 g/mol. The smallest absolute Gasteiger partial charge is 0.136 e. The number of benzene rings is 1. The topological polar surface area (TPSA) is 25.8 Å². The van der Waals surface area contributed by atoms with Crippen molar-refractivity contribution in [3.63, 3.8) is 0 Å². The van der Waals surface area contributed by atoms with Gasteiger partial charge in [-0.2, -0.15) is 0 Å². The maximum atomic E-state index is 6.09. The fraction of sp³-hybridized carbons (Fsp3) is 0.333. The molecule has 0 atom stereocenters. The van der Waals surface area contributed by atoms with Gasteiger partial charge in [0, 0.05) is 16.4 Å². The van der Waals surface area contributed by atoms with Crippen LogP contribution in [-0.2, 0) is 5.41 Å². The maximum absolute atomic E-state index is 6.09. The van der Waals surface area contributed by atoms with E-state index in [-0.39, 0.29) is 5.41 Å². The van der Waals surface area contributed by atoms with Crippen molar-refractivity contribution in [2.45, 2.75) is 43.0 Å². The third-order valence-electron chi connectivity index (χ3n) is 2.55. The SMILES string of the molecule is Cc1cccc(Sc2cc(Cl)nc(C(C)(C)C)n2)c1. The molecule has 0 fully saturated rings. The molecular weight excluding hydrogens is 276 g/mol. The first-order valence-corrected chi connectivity index (χ1v) is 7.33. The Bertz CT molecular complexity index is 591. The van der Waals surface area contributed by atoms with Crippen LogP contribution in [0.15, 0.2) is 40.3 Å². The number of aromatic nitrogens is 2. The summed E-state index contributed by atoms with van der Waals surface area (Å²) in [6.07, 6.45) is 0. The first kappa shape index (κ1) is 14.4. The molecule has 4 heteroatoms. The highest BCUT2D eigenvalue weighted by Crippen LogP contribution is 2.30. The average molecular weight is 293 g/mol. The first-order chi connectivity index (χ1) is 8.84. The number of halogens is 1. The Kier molecular flexibility index (Phi) is 4.16. The fourth-order valence-corrected chi connectivity index (χ4v) is 2.77. The summed E-state index contributed by atoms with van der Waals surface area (Å²) in [6.45, 7) is 8.33. The molecule has 0 bridgehead atoms. The van der Waals surface area contributed by atoms with Gasteiger partial charge in [0.15, 0.2) is 0 Å². The van der Waals surface area contributed by atoms with Crippen LogP contribution in [0.4, 0.5) is 0 Å². The van der Waals surface area contributed by atoms with Crippen molar-refractivity contribution in [1.29, 1.82) is 0 Å². The second-order valence-electron chi connectivity index (χ2n) is 5.52. The molecular formula is C15H17ClN2S. The van der Waals surface area contributed by atoms with Gasteiger partial charge in [-0.15, -0.1) is 0 Å². The van der Waals surface area contributed by atoms with Crippen LogP contribution in [-0.4, -0.2) is 9.97 Å². The van der Waals surface area contributed by atoms with E-state index in [4.69, 9.17) is 11.6 Å². The van der Waals surface area contributed by atoms with E-state index in [9.17, 15) is 0 Å². The van der Waals surface area contributed by atoms with E-state index in [0.29, 0.717) is 5.15 Å². The number of rotatable bonds is 2. The van der Waals surface area contributed by atoms with E-state index in [1.54, 1.807) is 11.8 Å². The molecule has 100 valence electrons. The van der Waals surface area contributed by atoms with Crippen molar-refractivity contribution in [2.75, 3.05) is 0 Å². The van der Waals surface area contributed by atoms with Crippen LogP contribution in [0.25, 0.3) is 0 Å². The largest absolute Gasteiger partial charge is 0.226 e. The lowest BCUT2D eigenvalue weighted by Crippen LogP contribution is -2.16. The minimum atomic E-state index is -0.104. The van der Waals surface area contributed by atoms with E-state index in [0.717, 1.165) is 15.7 Å². The Labute approximate surface area is 123 Å². The summed E-state index contributed by atoms with van der Waals surface area (Å²) in [5, 5.41) is 1.38. The van der Waals surface area contributed by atoms with Crippen molar-refractivity contribution in [3.05, 3.63) is 46.9 Å². The summed E-state index contributed by atoms with van der Waals surface area (Å²) in [7, 11) is 0. The van der Waals surface area contributed by atoms with Gasteiger partial charge in [-0.05, 0) is 19.1 Å². The molecule has 2 rings (SSSR count). The van der Waals surface area contributed by atoms with Gasteiger partial charge in [0.05, 0.1) is 0 Å². The Morgan fingerprint density at radius 2 is 1.84 bits per heavy atom. The highest BCUT2D eigenvalue weighted by Gasteiger charge is 2.19. The van der Waals surface area contributed by atoms with Crippen molar-refractivity contribution in [2.24, 2.45) is 0 Å². The zero-order valence-corrected chi connectivity index (χ0v) is 13.1. The molecule has 0 saturated carbocycles. The molecule has 1 aromatic carbocycles. The first-order valence-electron chi connectivity index (χ1n) is 6.14. The molecule has 1 aromatic heterocycles. The Morgan fingerprint density at radius 3 is 2.47 bits per heavy atom. The van der Waals surface area contributed by atoms with Crippen LogP contribution in [0.3, 0.4) is 0 Å². The van der Waals surface area contributed by atoms with Gasteiger partial charge in [-0.1, -0.05) is 61.8 Å². The van der Waals surface area contributed by atoms with Crippen LogP contribution < -0.4 is 0 Å². The quantitative estimate of drug-likeness (QED) is 0.737. The van der Waals surface area contributed by atoms with E-state index >= 15 is 0 Å². The summed E-state index contributed by atoms with van der Waals surface area (Å²) in [6, 6.07) is 10.1. The Balaban J connectivity index is 2.33. The van der Waals surface area contributed by atoms with Gasteiger partial charge in [0.25, 0.3) is 0 Å². The standard InChI is InChI=1S/C15H17ClN2S/c1-10-6-5-7-11(8-10)19-13-9-12(16)17-14(18-13)15(2,3)4/h5-9H,1-4H3. The van der Waals surface area contributed by atoms with E-state index in [1.807, 2.05) is 12.1 Å². The second kappa shape index (κ2) is 5.51. The lowest BCUT2D eigenvalue weighted by atomic mass is 9.96. The molecule has 2 nitrogen and oxygen atoms in total. The predicted molar refractivity (Wildman–Crippen MR) is 81.0 cm³/mol. The number of hydrogen-bond donors (Lipinski definition) is 0. The van der Waals surface area contributed by atoms with Gasteiger partial charge in [-0.25, -0.2) is 9.97 Å². The average Bonchev–Trinajstić information content (AvgIpc) is 2.26. The number of aryl methyl sites for hydroxylation is 1. The van der Waals surface area contributed by atoms with E-state index in [1.165, 1.54) is 5.56 Å². The summed E-state index contributed by atoms with van der Waals surface area (Å²) in [5.41, 5.74) is 1.13. The van der Waals surface area contributed by atoms with Crippen LogP contribution in [0.2, 0.25) is 5.15 Å². The summed E-state index contributed by atoms with van der Waals surface area (Å²) in [4.78, 5) is 10.1. The number of hydrogen-bond acceptors (Lipinski definition) is 3. The molecule has 0 unspecified atom stereocenters. The van der Waals surface area contributed by atoms with Crippen LogP contribution in [0.5, 0.6) is 0 Å². The van der Waals surface area contributed by atoms with Gasteiger partial charge in [-0.3, -0.25) is 0 Å². The zero-order chi connectivity index (χ0) is 14.0. The normalized spacial score (nSPS) is 11.6. The second-order valence-corrected chi connectivity index (χ2v) is 7.00. The summed E-state index contributed by atoms with van der Waals surface area (Å²) in [5.74, 6) is 0.773. The highest BCUT2D eigenvalue weighted by molar-refractivity contribution is 7.99. The van der Waals surface area contributed by atoms with Crippen LogP contribution >= 0.6 is 23.4 Å². The lowest BCUT2D eigenvalue weighted by molar-refractivity contribution is 0.538. The lowest BCUT2D eigenvalue weighted by Gasteiger charge is -2.17. The summed E-state index contributed by atoms with van der Waals surface area (Å²) >= 11 is 7.70. The molecule has 0 N–H and O–H groups in total. The van der Waals surface area contributed by atoms with E-state index < -0.39 is 0 Å². The Hall–Kier alpha value is -1.06. The van der Waals surface area contributed by atoms with Crippen molar-refractivity contribution in [3.8, 4) is 0 Å². The third kappa shape index (κ3) is 3.95. The van der Waals surface area contributed by atoms with Crippen molar-refractivity contribution >= 4 is 23.4 Å². The molecule has 0 aliphatic carbocycles. The number of nitrogens with zero attached hydrogens (tertiary/aromatic N) is 2. The van der Waals surface area contributed by atoms with Gasteiger partial charge >= 0.3 is 0 Å². The maximum Gasteiger partial charge on any atom is 0.136 e. The minimum Gasteiger partial charge on any atom is -0.226 e. The molecule has 0 radical (unpaired) electrons. The minimum absolute atomic E-state index is 0.104. The fourth-order valence-electron chi connectivity index (χ4n) is 1.58.